The van der Waals surface area contributed by atoms with E-state index in [1.54, 1.807) is 0 Å². The van der Waals surface area contributed by atoms with E-state index in [-0.39, 0.29) is 11.9 Å². The molecule has 35 heavy (non-hydrogen) atoms. The molecule has 0 bridgehead atoms. The minimum atomic E-state index is -0.0724. The van der Waals surface area contributed by atoms with Crippen LogP contribution in [0, 0.1) is 12.8 Å². The monoisotopic (exact) mass is 472 g/mol. The maximum absolute atomic E-state index is 13.7. The van der Waals surface area contributed by atoms with Crippen molar-refractivity contribution in [2.45, 2.75) is 45.6 Å². The molecule has 0 aliphatic carbocycles. The summed E-state index contributed by atoms with van der Waals surface area (Å²) in [4.78, 5) is 25.1. The number of nitrogens with zero attached hydrogens (tertiary/aromatic N) is 6. The Labute approximate surface area is 208 Å². The number of carbonyl (C=O) groups is 1. The average molecular weight is 473 g/mol. The van der Waals surface area contributed by atoms with E-state index in [9.17, 15) is 4.79 Å². The van der Waals surface area contributed by atoms with Crippen LogP contribution in [0.3, 0.4) is 0 Å². The fourth-order valence-electron chi connectivity index (χ4n) is 5.52. The van der Waals surface area contributed by atoms with Gasteiger partial charge in [-0.25, -0.2) is 9.50 Å². The number of piperidine rings is 1. The van der Waals surface area contributed by atoms with E-state index in [0.717, 1.165) is 66.3 Å². The molecule has 5 rings (SSSR count). The lowest BCUT2D eigenvalue weighted by Crippen LogP contribution is -2.39. The van der Waals surface area contributed by atoms with Crippen molar-refractivity contribution in [2.24, 2.45) is 5.92 Å². The van der Waals surface area contributed by atoms with Gasteiger partial charge >= 0.3 is 0 Å². The molecule has 0 saturated carbocycles. The Hall–Kier alpha value is -3.35. The standard InChI is InChI=1S/C28H36N6O/c1-19-13-15-32(17-19)27-20(2)18-34-26(29-27)16-23(30-34)25-12-8-9-14-33(25)28(35)21(3)22-10-6-7-11-24(22)31(4)5/h6-7,10-11,16,18-19,25H,3,8-9,12-15,17H2,1-2,4-5H3/t19-,25-/m0/s1. The molecule has 2 atom stereocenters. The van der Waals surface area contributed by atoms with Crippen molar-refractivity contribution in [1.82, 2.24) is 19.5 Å². The summed E-state index contributed by atoms with van der Waals surface area (Å²) < 4.78 is 1.88. The molecule has 184 valence electrons. The van der Waals surface area contributed by atoms with E-state index in [1.807, 2.05) is 52.7 Å². The lowest BCUT2D eigenvalue weighted by molar-refractivity contribution is -0.128. The van der Waals surface area contributed by atoms with Crippen molar-refractivity contribution in [3.05, 3.63) is 59.9 Å². The number of carbonyl (C=O) groups excluding carboxylic acids is 1. The van der Waals surface area contributed by atoms with E-state index >= 15 is 0 Å². The zero-order chi connectivity index (χ0) is 24.7. The third kappa shape index (κ3) is 4.40. The third-order valence-corrected chi connectivity index (χ3v) is 7.42. The van der Waals surface area contributed by atoms with Gasteiger partial charge in [-0.3, -0.25) is 4.79 Å². The van der Waals surface area contributed by atoms with Crippen molar-refractivity contribution >= 4 is 28.6 Å². The van der Waals surface area contributed by atoms with Crippen molar-refractivity contribution in [1.29, 1.82) is 0 Å². The lowest BCUT2D eigenvalue weighted by atomic mass is 9.96. The van der Waals surface area contributed by atoms with Gasteiger partial charge in [0.05, 0.1) is 11.7 Å². The lowest BCUT2D eigenvalue weighted by Gasteiger charge is -2.35. The first-order valence-electron chi connectivity index (χ1n) is 12.7. The Balaban J connectivity index is 1.45. The molecule has 2 fully saturated rings. The van der Waals surface area contributed by atoms with Gasteiger partial charge in [-0.2, -0.15) is 5.10 Å². The molecule has 0 N–H and O–H groups in total. The van der Waals surface area contributed by atoms with E-state index in [0.29, 0.717) is 18.0 Å². The van der Waals surface area contributed by atoms with Gasteiger partial charge in [0.15, 0.2) is 5.65 Å². The van der Waals surface area contributed by atoms with Crippen LogP contribution in [0.5, 0.6) is 0 Å². The number of aryl methyl sites for hydroxylation is 1. The van der Waals surface area contributed by atoms with Gasteiger partial charge in [-0.15, -0.1) is 0 Å². The summed E-state index contributed by atoms with van der Waals surface area (Å²) in [5.41, 5.74) is 5.29. The number of amides is 1. The van der Waals surface area contributed by atoms with Gasteiger partial charge in [0.2, 0.25) is 0 Å². The van der Waals surface area contributed by atoms with Crippen molar-refractivity contribution < 1.29 is 4.79 Å². The second kappa shape index (κ2) is 9.36. The molecule has 1 aromatic carbocycles. The van der Waals surface area contributed by atoms with Crippen LogP contribution in [-0.2, 0) is 4.79 Å². The zero-order valence-electron chi connectivity index (χ0n) is 21.4. The summed E-state index contributed by atoms with van der Waals surface area (Å²) in [7, 11) is 3.98. The highest BCUT2D eigenvalue weighted by molar-refractivity contribution is 6.20. The third-order valence-electron chi connectivity index (χ3n) is 7.42. The Morgan fingerprint density at radius 2 is 1.94 bits per heavy atom. The smallest absolute Gasteiger partial charge is 0.254 e. The van der Waals surface area contributed by atoms with Crippen LogP contribution in [0.15, 0.2) is 43.1 Å². The quantitative estimate of drug-likeness (QED) is 0.503. The number of fused-ring (bicyclic) bond motifs is 1. The minimum absolute atomic E-state index is 0.0167. The van der Waals surface area contributed by atoms with Crippen LogP contribution >= 0.6 is 0 Å². The Kier molecular flexibility index (Phi) is 6.26. The number of anilines is 2. The molecular formula is C28H36N6O. The van der Waals surface area contributed by atoms with E-state index in [1.165, 1.54) is 6.42 Å². The second-order valence-electron chi connectivity index (χ2n) is 10.4. The topological polar surface area (TPSA) is 57.0 Å². The number of hydrogen-bond acceptors (Lipinski definition) is 5. The summed E-state index contributed by atoms with van der Waals surface area (Å²) in [5.74, 6) is 1.73. The summed E-state index contributed by atoms with van der Waals surface area (Å²) in [6.45, 7) is 11.4. The van der Waals surface area contributed by atoms with Crippen LogP contribution in [0.4, 0.5) is 11.5 Å². The van der Waals surface area contributed by atoms with Gasteiger partial charge < -0.3 is 14.7 Å². The van der Waals surface area contributed by atoms with Gasteiger partial charge in [0.25, 0.3) is 5.91 Å². The molecule has 3 aromatic rings. The van der Waals surface area contributed by atoms with Crippen LogP contribution < -0.4 is 9.80 Å². The average Bonchev–Trinajstić information content (AvgIpc) is 3.48. The summed E-state index contributed by atoms with van der Waals surface area (Å²) in [5, 5.41) is 4.89. The Morgan fingerprint density at radius 1 is 1.14 bits per heavy atom. The number of rotatable bonds is 5. The fourth-order valence-corrected chi connectivity index (χ4v) is 5.52. The molecule has 0 spiro atoms. The van der Waals surface area contributed by atoms with E-state index in [2.05, 4.69) is 37.6 Å². The molecular weight excluding hydrogens is 436 g/mol. The summed E-state index contributed by atoms with van der Waals surface area (Å²) in [6, 6.07) is 9.95. The molecule has 0 unspecified atom stereocenters. The highest BCUT2D eigenvalue weighted by Crippen LogP contribution is 2.35. The zero-order valence-corrected chi connectivity index (χ0v) is 21.4. The predicted octanol–water partition coefficient (Wildman–Crippen LogP) is 4.72. The number of benzene rings is 1. The van der Waals surface area contributed by atoms with E-state index < -0.39 is 0 Å². The number of para-hydroxylation sites is 1. The molecule has 4 heterocycles. The van der Waals surface area contributed by atoms with Crippen molar-refractivity contribution in [3.63, 3.8) is 0 Å². The van der Waals surface area contributed by atoms with Crippen LogP contribution in [-0.4, -0.2) is 59.1 Å². The normalized spacial score (nSPS) is 20.5. The number of likely N-dealkylation sites (tertiary alicyclic amines) is 1. The van der Waals surface area contributed by atoms with Crippen molar-refractivity contribution in [3.8, 4) is 0 Å². The van der Waals surface area contributed by atoms with Gasteiger partial charge in [0.1, 0.15) is 5.82 Å². The van der Waals surface area contributed by atoms with Crippen molar-refractivity contribution in [2.75, 3.05) is 43.5 Å². The second-order valence-corrected chi connectivity index (χ2v) is 10.4. The molecule has 2 aliphatic heterocycles. The first-order chi connectivity index (χ1) is 16.8. The first-order valence-corrected chi connectivity index (χ1v) is 12.7. The molecule has 0 radical (unpaired) electrons. The summed E-state index contributed by atoms with van der Waals surface area (Å²) >= 11 is 0. The fraction of sp³-hybridized carbons (Fsp3) is 0.464. The van der Waals surface area contributed by atoms with Crippen LogP contribution in [0.1, 0.15) is 55.5 Å². The highest BCUT2D eigenvalue weighted by atomic mass is 16.2. The molecule has 1 amide bonds. The Morgan fingerprint density at radius 3 is 2.69 bits per heavy atom. The molecule has 7 nitrogen and oxygen atoms in total. The molecule has 2 aliphatic rings. The molecule has 2 saturated heterocycles. The predicted molar refractivity (Wildman–Crippen MR) is 142 cm³/mol. The first kappa shape index (κ1) is 23.4. The summed E-state index contributed by atoms with van der Waals surface area (Å²) in [6.07, 6.45) is 6.25. The molecule has 7 heteroatoms. The van der Waals surface area contributed by atoms with Gasteiger partial charge in [-0.1, -0.05) is 31.7 Å². The molecule has 2 aromatic heterocycles. The van der Waals surface area contributed by atoms with Crippen LogP contribution in [0.2, 0.25) is 0 Å². The van der Waals surface area contributed by atoms with Crippen LogP contribution in [0.25, 0.3) is 11.2 Å². The number of hydrogen-bond donors (Lipinski definition) is 0. The maximum Gasteiger partial charge on any atom is 0.254 e. The van der Waals surface area contributed by atoms with E-state index in [4.69, 9.17) is 10.1 Å². The highest BCUT2D eigenvalue weighted by Gasteiger charge is 2.32. The largest absolute Gasteiger partial charge is 0.377 e. The van der Waals surface area contributed by atoms with Gasteiger partial charge in [-0.05, 0) is 44.6 Å². The van der Waals surface area contributed by atoms with Gasteiger partial charge in [0, 0.05) is 68.4 Å². The Bertz CT molecular complexity index is 1260. The minimum Gasteiger partial charge on any atom is -0.377 e. The maximum atomic E-state index is 13.7. The number of aromatic nitrogens is 3. The SMILES string of the molecule is C=C(C(=O)N1CCCC[C@H]1c1cc2nc(N3CC[C@H](C)C3)c(C)cn2n1)c1ccccc1N(C)C.